The van der Waals surface area contributed by atoms with Crippen molar-refractivity contribution in [3.8, 4) is 22.6 Å². The molecule has 24 heavy (non-hydrogen) atoms. The van der Waals surface area contributed by atoms with Crippen LogP contribution in [0.3, 0.4) is 0 Å². The highest BCUT2D eigenvalue weighted by Crippen LogP contribution is 2.32. The molecule has 2 heterocycles. The topological polar surface area (TPSA) is 53.6 Å². The van der Waals surface area contributed by atoms with Gasteiger partial charge in [0.2, 0.25) is 0 Å². The summed E-state index contributed by atoms with van der Waals surface area (Å²) >= 11 is 0. The van der Waals surface area contributed by atoms with Crippen molar-refractivity contribution < 1.29 is 0 Å². The first-order valence-electron chi connectivity index (χ1n) is 7.54. The van der Waals surface area contributed by atoms with Gasteiger partial charge in [-0.05, 0) is 25.1 Å². The molecule has 0 fully saturated rings. The summed E-state index contributed by atoms with van der Waals surface area (Å²) in [7, 11) is 0. The van der Waals surface area contributed by atoms with Crippen LogP contribution >= 0.6 is 12.4 Å². The van der Waals surface area contributed by atoms with E-state index in [4.69, 9.17) is 4.98 Å². The van der Waals surface area contributed by atoms with Crippen LogP contribution in [0.15, 0.2) is 66.7 Å². The monoisotopic (exact) mass is 336 g/mol. The second kappa shape index (κ2) is 6.72. The molecule has 0 saturated heterocycles. The summed E-state index contributed by atoms with van der Waals surface area (Å²) in [5.74, 6) is 1.62. The van der Waals surface area contributed by atoms with E-state index in [1.807, 2.05) is 55.5 Å². The molecule has 0 aliphatic carbocycles. The van der Waals surface area contributed by atoms with Gasteiger partial charge >= 0.3 is 0 Å². The average Bonchev–Trinajstić information content (AvgIpc) is 3.01. The van der Waals surface area contributed by atoms with E-state index in [0.717, 1.165) is 40.0 Å². The Kier molecular flexibility index (Phi) is 4.49. The molecular weight excluding hydrogens is 320 g/mol. The van der Waals surface area contributed by atoms with Gasteiger partial charge in [0, 0.05) is 11.3 Å². The quantitative estimate of drug-likeness (QED) is 0.550. The Balaban J connectivity index is 0.00000169. The number of rotatable bonds is 3. The van der Waals surface area contributed by atoms with Crippen LogP contribution in [0.1, 0.15) is 5.82 Å². The molecule has 4 rings (SSSR count). The number of benzene rings is 2. The number of aromatic nitrogens is 3. The first-order valence-corrected chi connectivity index (χ1v) is 7.54. The fourth-order valence-corrected chi connectivity index (χ4v) is 2.64. The number of halogens is 1. The van der Waals surface area contributed by atoms with Crippen LogP contribution in [0.25, 0.3) is 22.6 Å². The zero-order valence-electron chi connectivity index (χ0n) is 13.2. The highest BCUT2D eigenvalue weighted by atomic mass is 35.5. The second-order valence-electron chi connectivity index (χ2n) is 5.43. The van der Waals surface area contributed by atoms with Crippen LogP contribution in [-0.2, 0) is 0 Å². The van der Waals surface area contributed by atoms with E-state index in [9.17, 15) is 0 Å². The fraction of sp³-hybridized carbons (Fsp3) is 0.0526. The van der Waals surface area contributed by atoms with Crippen molar-refractivity contribution >= 4 is 23.9 Å². The molecule has 0 spiro atoms. The Morgan fingerprint density at radius 3 is 2.25 bits per heavy atom. The summed E-state index contributed by atoms with van der Waals surface area (Å²) in [6, 6.07) is 22.2. The Morgan fingerprint density at radius 2 is 1.54 bits per heavy atom. The summed E-state index contributed by atoms with van der Waals surface area (Å²) in [6.45, 7) is 1.95. The van der Waals surface area contributed by atoms with E-state index < -0.39 is 0 Å². The lowest BCUT2D eigenvalue weighted by Gasteiger charge is -2.10. The molecular formula is C19H17ClN4. The Morgan fingerprint density at radius 1 is 0.875 bits per heavy atom. The third kappa shape index (κ3) is 3.09. The number of aromatic amines is 1. The van der Waals surface area contributed by atoms with Crippen LogP contribution < -0.4 is 5.32 Å². The van der Waals surface area contributed by atoms with Gasteiger partial charge in [0.1, 0.15) is 11.5 Å². The van der Waals surface area contributed by atoms with Crippen molar-refractivity contribution in [3.63, 3.8) is 0 Å². The maximum absolute atomic E-state index is 4.76. The first kappa shape index (κ1) is 16.0. The number of H-pyrrole nitrogens is 1. The summed E-state index contributed by atoms with van der Waals surface area (Å²) in [4.78, 5) is 12.6. The lowest BCUT2D eigenvalue weighted by Crippen LogP contribution is -2.01. The molecule has 0 bridgehead atoms. The van der Waals surface area contributed by atoms with Gasteiger partial charge in [0.25, 0.3) is 0 Å². The van der Waals surface area contributed by atoms with Gasteiger partial charge in [-0.1, -0.05) is 48.5 Å². The smallest absolute Gasteiger partial charge is 0.160 e. The molecule has 0 unspecified atom stereocenters. The number of hydrogen-bond acceptors (Lipinski definition) is 3. The lowest BCUT2D eigenvalue weighted by atomic mass is 10.1. The Labute approximate surface area is 146 Å². The van der Waals surface area contributed by atoms with Gasteiger partial charge in [-0.25, -0.2) is 9.97 Å². The van der Waals surface area contributed by atoms with Crippen molar-refractivity contribution in [2.45, 2.75) is 6.92 Å². The molecule has 2 aromatic rings. The largest absolute Gasteiger partial charge is 0.342 e. The van der Waals surface area contributed by atoms with E-state index in [-0.39, 0.29) is 12.4 Å². The molecule has 2 aromatic carbocycles. The van der Waals surface area contributed by atoms with E-state index in [0.29, 0.717) is 0 Å². The zero-order valence-corrected chi connectivity index (χ0v) is 14.0. The minimum atomic E-state index is 0. The van der Waals surface area contributed by atoms with Crippen LogP contribution in [-0.4, -0.2) is 15.0 Å². The highest BCUT2D eigenvalue weighted by molar-refractivity contribution is 5.85. The standard InChI is InChI=1S/C19H16N4.ClH/c1-13-20-17-12-16(14-8-4-2-5-9-14)23-18(17)19(21-13)22-15-10-6-3-7-11-15;/h2-12,22H,1H3,(H,20,21);1H. The summed E-state index contributed by atoms with van der Waals surface area (Å²) in [6.07, 6.45) is 0. The van der Waals surface area contributed by atoms with Gasteiger partial charge in [0.05, 0.1) is 11.4 Å². The van der Waals surface area contributed by atoms with Crippen molar-refractivity contribution in [2.24, 2.45) is 0 Å². The van der Waals surface area contributed by atoms with E-state index in [1.165, 1.54) is 0 Å². The molecule has 2 aliphatic rings. The van der Waals surface area contributed by atoms with Crippen molar-refractivity contribution in [1.29, 1.82) is 0 Å². The van der Waals surface area contributed by atoms with Gasteiger partial charge in [0.15, 0.2) is 5.82 Å². The van der Waals surface area contributed by atoms with Crippen LogP contribution in [0.4, 0.5) is 11.5 Å². The molecule has 4 nitrogen and oxygen atoms in total. The van der Waals surface area contributed by atoms with Crippen LogP contribution in [0, 0.1) is 6.92 Å². The molecule has 2 N–H and O–H groups in total. The molecule has 0 saturated carbocycles. The highest BCUT2D eigenvalue weighted by Gasteiger charge is 2.17. The number of aryl methyl sites for hydroxylation is 1. The number of nitrogens with one attached hydrogen (secondary N) is 2. The van der Waals surface area contributed by atoms with Crippen molar-refractivity contribution in [1.82, 2.24) is 15.0 Å². The summed E-state index contributed by atoms with van der Waals surface area (Å²) < 4.78 is 0. The number of anilines is 2. The van der Waals surface area contributed by atoms with Gasteiger partial charge in [-0.15, -0.1) is 12.4 Å². The zero-order chi connectivity index (χ0) is 15.6. The van der Waals surface area contributed by atoms with Crippen molar-refractivity contribution in [2.75, 3.05) is 5.32 Å². The predicted octanol–water partition coefficient (Wildman–Crippen LogP) is 5.05. The Hall–Kier alpha value is -2.85. The van der Waals surface area contributed by atoms with E-state index >= 15 is 0 Å². The molecule has 120 valence electrons. The van der Waals surface area contributed by atoms with Crippen molar-refractivity contribution in [3.05, 3.63) is 72.6 Å². The summed E-state index contributed by atoms with van der Waals surface area (Å²) in [5, 5.41) is 3.36. The summed E-state index contributed by atoms with van der Waals surface area (Å²) in [5.41, 5.74) is 4.87. The lowest BCUT2D eigenvalue weighted by molar-refractivity contribution is 1.05. The number of para-hydroxylation sites is 1. The second-order valence-corrected chi connectivity index (χ2v) is 5.43. The molecule has 2 aliphatic heterocycles. The molecule has 0 amide bonds. The van der Waals surface area contributed by atoms with Crippen LogP contribution in [0.5, 0.6) is 0 Å². The molecule has 0 aromatic heterocycles. The minimum absolute atomic E-state index is 0. The third-order valence-electron chi connectivity index (χ3n) is 3.69. The normalized spacial score (nSPS) is 10.4. The number of nitrogens with zero attached hydrogens (tertiary/aromatic N) is 2. The van der Waals surface area contributed by atoms with Gasteiger partial charge in [-0.2, -0.15) is 0 Å². The molecule has 5 heteroatoms. The maximum atomic E-state index is 4.76. The molecule has 0 atom stereocenters. The fourth-order valence-electron chi connectivity index (χ4n) is 2.64. The third-order valence-corrected chi connectivity index (χ3v) is 3.69. The Bertz CT molecular complexity index is 903. The average molecular weight is 337 g/mol. The van der Waals surface area contributed by atoms with Crippen LogP contribution in [0.2, 0.25) is 0 Å². The SMILES string of the molecule is Cc1nc(Nc2ccccc2)c2nc(-c3ccccc3)cc-2[nH]1.Cl. The van der Waals surface area contributed by atoms with E-state index in [2.05, 4.69) is 33.5 Å². The van der Waals surface area contributed by atoms with Gasteiger partial charge < -0.3 is 10.3 Å². The molecule has 0 radical (unpaired) electrons. The first-order chi connectivity index (χ1) is 11.3. The number of fused-ring (bicyclic) bond motifs is 1. The number of hydrogen-bond donors (Lipinski definition) is 2. The van der Waals surface area contributed by atoms with Gasteiger partial charge in [-0.3, -0.25) is 0 Å². The minimum Gasteiger partial charge on any atom is -0.342 e. The maximum Gasteiger partial charge on any atom is 0.160 e. The predicted molar refractivity (Wildman–Crippen MR) is 100 cm³/mol. The van der Waals surface area contributed by atoms with E-state index in [1.54, 1.807) is 0 Å².